The fourth-order valence-electron chi connectivity index (χ4n) is 4.34. The first-order chi connectivity index (χ1) is 17.4. The summed E-state index contributed by atoms with van der Waals surface area (Å²) in [6, 6.07) is 12.1. The molecule has 0 aromatic heterocycles. The van der Waals surface area contributed by atoms with E-state index < -0.39 is 0 Å². The highest BCUT2D eigenvalue weighted by Gasteiger charge is 2.24. The molecule has 3 rings (SSSR count). The van der Waals surface area contributed by atoms with Crippen LogP contribution in [0, 0.1) is 0 Å². The minimum atomic E-state index is -0.160. The maximum absolute atomic E-state index is 13.0. The molecule has 0 spiro atoms. The molecular formula is C29H35N3O4. The number of aromatic hydroxyl groups is 1. The predicted molar refractivity (Wildman–Crippen MR) is 144 cm³/mol. The second kappa shape index (κ2) is 12.7. The van der Waals surface area contributed by atoms with Gasteiger partial charge in [-0.05, 0) is 48.7 Å². The highest BCUT2D eigenvalue weighted by atomic mass is 16.5. The first-order valence-corrected chi connectivity index (χ1v) is 12.0. The van der Waals surface area contributed by atoms with Crippen LogP contribution >= 0.6 is 0 Å². The Morgan fingerprint density at radius 1 is 1.17 bits per heavy atom. The number of benzene rings is 2. The van der Waals surface area contributed by atoms with Gasteiger partial charge in [0.25, 0.3) is 5.91 Å². The van der Waals surface area contributed by atoms with Gasteiger partial charge in [0, 0.05) is 41.9 Å². The quantitative estimate of drug-likeness (QED) is 0.253. The second-order valence-electron chi connectivity index (χ2n) is 8.65. The van der Waals surface area contributed by atoms with Gasteiger partial charge in [-0.3, -0.25) is 9.79 Å². The number of phenols is 1. The number of nitrogens with two attached hydrogens (primary N) is 1. The average Bonchev–Trinajstić information content (AvgIpc) is 2.90. The van der Waals surface area contributed by atoms with E-state index in [9.17, 15) is 9.90 Å². The number of allylic oxidation sites excluding steroid dienone is 3. The molecule has 2 atom stereocenters. The summed E-state index contributed by atoms with van der Waals surface area (Å²) in [5.41, 5.74) is 9.44. The van der Waals surface area contributed by atoms with Gasteiger partial charge in [0.15, 0.2) is 5.76 Å². The van der Waals surface area contributed by atoms with Crippen molar-refractivity contribution in [3.8, 4) is 11.5 Å². The van der Waals surface area contributed by atoms with E-state index in [4.69, 9.17) is 15.2 Å². The number of phenolic OH excluding ortho intramolecular Hbond substituents is 1. The second-order valence-corrected chi connectivity index (χ2v) is 8.65. The van der Waals surface area contributed by atoms with Crippen LogP contribution in [0.25, 0.3) is 5.57 Å². The third-order valence-electron chi connectivity index (χ3n) is 6.33. The Kier molecular flexibility index (Phi) is 9.47. The standard InChI is InChI=1S/C29H35N3O4/c1-5-23(19-10-9-11-20(16-19)29(34)32-26-13-8-7-12-24(26)30)28(25(6-2)31-3)36-18-21-14-15-22(33)17-27(21)35-4/h5-6,9-11,14-17,24,26,33H,1-2,7-8,12-13,18,30H2,3-4H3,(H,32,34). The summed E-state index contributed by atoms with van der Waals surface area (Å²) in [4.78, 5) is 17.3. The number of carbonyl (C=O) groups excluding carboxylic acids is 1. The van der Waals surface area contributed by atoms with Gasteiger partial charge in [-0.2, -0.15) is 0 Å². The van der Waals surface area contributed by atoms with Crippen molar-refractivity contribution in [1.82, 2.24) is 5.32 Å². The van der Waals surface area contributed by atoms with Crippen molar-refractivity contribution < 1.29 is 19.4 Å². The molecule has 36 heavy (non-hydrogen) atoms. The van der Waals surface area contributed by atoms with E-state index in [1.165, 1.54) is 13.2 Å². The molecular weight excluding hydrogens is 454 g/mol. The third kappa shape index (κ3) is 6.43. The summed E-state index contributed by atoms with van der Waals surface area (Å²) in [6.07, 6.45) is 7.25. The molecule has 0 radical (unpaired) electrons. The minimum Gasteiger partial charge on any atom is -0.508 e. The topological polar surface area (TPSA) is 106 Å². The van der Waals surface area contributed by atoms with Crippen LogP contribution in [0.2, 0.25) is 0 Å². The molecule has 0 heterocycles. The van der Waals surface area contributed by atoms with E-state index in [-0.39, 0.29) is 30.3 Å². The first kappa shape index (κ1) is 26.8. The summed E-state index contributed by atoms with van der Waals surface area (Å²) >= 11 is 0. The maximum atomic E-state index is 13.0. The van der Waals surface area contributed by atoms with Crippen molar-refractivity contribution >= 4 is 17.2 Å². The molecule has 1 amide bonds. The molecule has 7 heteroatoms. The molecule has 4 N–H and O–H groups in total. The lowest BCUT2D eigenvalue weighted by molar-refractivity contribution is 0.0921. The molecule has 1 saturated carbocycles. The van der Waals surface area contributed by atoms with Gasteiger partial charge in [0.2, 0.25) is 0 Å². The van der Waals surface area contributed by atoms with Gasteiger partial charge < -0.3 is 25.6 Å². The molecule has 1 aliphatic carbocycles. The summed E-state index contributed by atoms with van der Waals surface area (Å²) in [5, 5.41) is 12.9. The largest absolute Gasteiger partial charge is 0.508 e. The molecule has 2 unspecified atom stereocenters. The number of amides is 1. The van der Waals surface area contributed by atoms with E-state index >= 15 is 0 Å². The number of carbonyl (C=O) groups is 1. The van der Waals surface area contributed by atoms with E-state index in [1.54, 1.807) is 37.4 Å². The Labute approximate surface area is 213 Å². The minimum absolute atomic E-state index is 0.0249. The number of ether oxygens (including phenoxy) is 2. The molecule has 0 aliphatic heterocycles. The Morgan fingerprint density at radius 3 is 2.58 bits per heavy atom. The van der Waals surface area contributed by atoms with Crippen molar-refractivity contribution in [1.29, 1.82) is 0 Å². The van der Waals surface area contributed by atoms with Crippen molar-refractivity contribution in [3.63, 3.8) is 0 Å². The number of hydrogen-bond acceptors (Lipinski definition) is 6. The Hall–Kier alpha value is -3.84. The van der Waals surface area contributed by atoms with Crippen LogP contribution in [0.4, 0.5) is 0 Å². The SMILES string of the molecule is C=CC(=NC)C(OCc1ccc(O)cc1OC)=C(C=C)c1cccc(C(=O)NC2CCCCC2N)c1. The predicted octanol–water partition coefficient (Wildman–Crippen LogP) is 4.77. The number of nitrogens with zero attached hydrogens (tertiary/aromatic N) is 1. The van der Waals surface area contributed by atoms with Crippen LogP contribution in [0.15, 0.2) is 78.5 Å². The Balaban J connectivity index is 1.94. The summed E-state index contributed by atoms with van der Waals surface area (Å²) in [6.45, 7) is 8.01. The van der Waals surface area contributed by atoms with Crippen molar-refractivity contribution in [3.05, 3.63) is 90.2 Å². The van der Waals surface area contributed by atoms with Crippen LogP contribution in [0.3, 0.4) is 0 Å². The lowest BCUT2D eigenvalue weighted by Crippen LogP contribution is -2.49. The number of aliphatic imine (C=N–C) groups is 1. The summed E-state index contributed by atoms with van der Waals surface area (Å²) in [5.74, 6) is 0.906. The molecule has 2 aromatic carbocycles. The highest BCUT2D eigenvalue weighted by Crippen LogP contribution is 2.28. The molecule has 190 valence electrons. The zero-order valence-electron chi connectivity index (χ0n) is 21.0. The van der Waals surface area contributed by atoms with E-state index in [1.807, 2.05) is 18.2 Å². The molecule has 0 bridgehead atoms. The number of hydrogen-bond donors (Lipinski definition) is 3. The van der Waals surface area contributed by atoms with Crippen LogP contribution in [-0.4, -0.2) is 43.0 Å². The van der Waals surface area contributed by atoms with Crippen molar-refractivity contribution in [2.24, 2.45) is 10.7 Å². The number of rotatable bonds is 10. The molecule has 1 aliphatic rings. The Morgan fingerprint density at radius 2 is 1.92 bits per heavy atom. The van der Waals surface area contributed by atoms with E-state index in [0.717, 1.165) is 36.8 Å². The fraction of sp³-hybridized carbons (Fsp3) is 0.310. The van der Waals surface area contributed by atoms with E-state index in [0.29, 0.717) is 28.4 Å². The third-order valence-corrected chi connectivity index (χ3v) is 6.33. The summed E-state index contributed by atoms with van der Waals surface area (Å²) < 4.78 is 11.6. The van der Waals surface area contributed by atoms with Gasteiger partial charge in [-0.1, -0.05) is 44.2 Å². The van der Waals surface area contributed by atoms with Crippen molar-refractivity contribution in [2.45, 2.75) is 44.4 Å². The van der Waals surface area contributed by atoms with Crippen LogP contribution < -0.4 is 15.8 Å². The van der Waals surface area contributed by atoms with Gasteiger partial charge >= 0.3 is 0 Å². The number of nitrogens with one attached hydrogen (secondary N) is 1. The van der Waals surface area contributed by atoms with E-state index in [2.05, 4.69) is 23.5 Å². The Bertz CT molecular complexity index is 1170. The van der Waals surface area contributed by atoms with Gasteiger partial charge in [-0.15, -0.1) is 0 Å². The van der Waals surface area contributed by atoms with Crippen LogP contribution in [-0.2, 0) is 11.3 Å². The van der Waals surface area contributed by atoms with Crippen LogP contribution in [0.1, 0.15) is 47.2 Å². The first-order valence-electron chi connectivity index (χ1n) is 12.0. The number of methoxy groups -OCH3 is 1. The molecule has 2 aromatic rings. The summed E-state index contributed by atoms with van der Waals surface area (Å²) in [7, 11) is 3.18. The molecule has 7 nitrogen and oxygen atoms in total. The van der Waals surface area contributed by atoms with Crippen molar-refractivity contribution in [2.75, 3.05) is 14.2 Å². The monoisotopic (exact) mass is 489 g/mol. The zero-order chi connectivity index (χ0) is 26.1. The average molecular weight is 490 g/mol. The highest BCUT2D eigenvalue weighted by molar-refractivity contribution is 6.12. The van der Waals surface area contributed by atoms with Crippen LogP contribution in [0.5, 0.6) is 11.5 Å². The molecule has 0 saturated heterocycles. The normalized spacial score (nSPS) is 18.6. The van der Waals surface area contributed by atoms with Gasteiger partial charge in [0.1, 0.15) is 18.1 Å². The lowest BCUT2D eigenvalue weighted by atomic mass is 9.90. The fourth-order valence-corrected chi connectivity index (χ4v) is 4.34. The van der Waals surface area contributed by atoms with Gasteiger partial charge in [-0.25, -0.2) is 0 Å². The zero-order valence-corrected chi connectivity index (χ0v) is 21.0. The molecule has 1 fully saturated rings. The van der Waals surface area contributed by atoms with Gasteiger partial charge in [0.05, 0.1) is 12.8 Å². The lowest BCUT2D eigenvalue weighted by Gasteiger charge is -2.29. The smallest absolute Gasteiger partial charge is 0.251 e. The maximum Gasteiger partial charge on any atom is 0.251 e.